The summed E-state index contributed by atoms with van der Waals surface area (Å²) in [7, 11) is 1.71. The first-order chi connectivity index (χ1) is 16.8. The molecule has 3 N–H and O–H groups in total. The third-order valence-corrected chi connectivity index (χ3v) is 7.27. The van der Waals surface area contributed by atoms with Gasteiger partial charge in [0.25, 0.3) is 0 Å². The van der Waals surface area contributed by atoms with Crippen LogP contribution in [0.15, 0.2) is 48.5 Å². The predicted molar refractivity (Wildman–Crippen MR) is 139 cm³/mol. The van der Waals surface area contributed by atoms with Crippen LogP contribution >= 0.6 is 0 Å². The molecule has 1 fully saturated rings. The van der Waals surface area contributed by atoms with Crippen LogP contribution in [-0.2, 0) is 22.4 Å². The predicted octanol–water partition coefficient (Wildman–Crippen LogP) is 4.80. The number of ether oxygens (including phenoxy) is 1. The zero-order valence-corrected chi connectivity index (χ0v) is 20.8. The molecule has 2 aromatic carbocycles. The molecule has 0 unspecified atom stereocenters. The molecular weight excluding hydrogens is 438 g/mol. The number of nitrogen functional groups attached to an aromatic ring is 1. The standard InChI is InChI=1S/C29H35N3O3/c1-18-21(11-13-28(30)31-18)10-12-26(33)19(2)32-29(34)24-9-8-20(14-24)15-25-16-22-6-4-5-7-23(22)17-27(25)35-3/h4-7,11,13,16-17,19-20,24H,8-10,12,14-15H2,1-3H3,(H2,30,31)(H,32,34)/t19-,20+,24+/m0/s1. The number of pyridine rings is 1. The first kappa shape index (κ1) is 24.7. The van der Waals surface area contributed by atoms with Gasteiger partial charge in [0, 0.05) is 18.0 Å². The van der Waals surface area contributed by atoms with Crippen LogP contribution in [0.25, 0.3) is 10.8 Å². The maximum Gasteiger partial charge on any atom is 0.223 e. The van der Waals surface area contributed by atoms with Gasteiger partial charge in [0.2, 0.25) is 5.91 Å². The molecule has 1 aliphatic carbocycles. The van der Waals surface area contributed by atoms with E-state index in [9.17, 15) is 9.59 Å². The van der Waals surface area contributed by atoms with E-state index in [1.165, 1.54) is 16.3 Å². The van der Waals surface area contributed by atoms with Gasteiger partial charge in [-0.05, 0) is 92.0 Å². The summed E-state index contributed by atoms with van der Waals surface area (Å²) in [5, 5.41) is 5.33. The summed E-state index contributed by atoms with van der Waals surface area (Å²) in [6, 6.07) is 15.8. The molecule has 3 atom stereocenters. The van der Waals surface area contributed by atoms with Gasteiger partial charge in [-0.1, -0.05) is 30.3 Å². The largest absolute Gasteiger partial charge is 0.496 e. The number of rotatable bonds is 9. The van der Waals surface area contributed by atoms with Gasteiger partial charge < -0.3 is 15.8 Å². The minimum Gasteiger partial charge on any atom is -0.496 e. The minimum absolute atomic E-state index is 0.0100. The van der Waals surface area contributed by atoms with Gasteiger partial charge in [0.1, 0.15) is 11.6 Å². The first-order valence-electron chi connectivity index (χ1n) is 12.4. The molecule has 6 heteroatoms. The smallest absolute Gasteiger partial charge is 0.223 e. The number of anilines is 1. The fourth-order valence-electron chi connectivity index (χ4n) is 5.19. The molecule has 0 saturated heterocycles. The van der Waals surface area contributed by atoms with Crippen LogP contribution in [0.2, 0.25) is 0 Å². The molecule has 4 rings (SSSR count). The maximum atomic E-state index is 12.9. The number of nitrogens with zero attached hydrogens (tertiary/aromatic N) is 1. The van der Waals surface area contributed by atoms with Crippen LogP contribution < -0.4 is 15.8 Å². The van der Waals surface area contributed by atoms with Crippen LogP contribution in [-0.4, -0.2) is 29.8 Å². The van der Waals surface area contributed by atoms with Gasteiger partial charge in [-0.25, -0.2) is 4.98 Å². The Balaban J connectivity index is 1.29. The summed E-state index contributed by atoms with van der Waals surface area (Å²) in [5.74, 6) is 1.78. The highest BCUT2D eigenvalue weighted by Crippen LogP contribution is 2.36. The summed E-state index contributed by atoms with van der Waals surface area (Å²) < 4.78 is 5.66. The summed E-state index contributed by atoms with van der Waals surface area (Å²) in [5.41, 5.74) is 8.74. The third kappa shape index (κ3) is 5.99. The van der Waals surface area contributed by atoms with Crippen molar-refractivity contribution in [2.24, 2.45) is 11.8 Å². The Morgan fingerprint density at radius 3 is 2.57 bits per heavy atom. The second-order valence-electron chi connectivity index (χ2n) is 9.77. The van der Waals surface area contributed by atoms with Gasteiger partial charge in [-0.15, -0.1) is 0 Å². The highest BCUT2D eigenvalue weighted by Gasteiger charge is 2.31. The molecule has 3 aromatic rings. The first-order valence-corrected chi connectivity index (χ1v) is 12.4. The number of amides is 1. The Kier molecular flexibility index (Phi) is 7.69. The lowest BCUT2D eigenvalue weighted by Gasteiger charge is -2.17. The Hall–Kier alpha value is -3.41. The second kappa shape index (κ2) is 10.9. The number of hydrogen-bond acceptors (Lipinski definition) is 5. The summed E-state index contributed by atoms with van der Waals surface area (Å²) in [6.07, 6.45) is 4.53. The second-order valence-corrected chi connectivity index (χ2v) is 9.77. The number of nitrogens with two attached hydrogens (primary N) is 1. The van der Waals surface area contributed by atoms with E-state index < -0.39 is 6.04 Å². The summed E-state index contributed by atoms with van der Waals surface area (Å²) in [6.45, 7) is 3.67. The van der Waals surface area contributed by atoms with E-state index in [-0.39, 0.29) is 17.6 Å². The number of ketones is 1. The van der Waals surface area contributed by atoms with E-state index >= 15 is 0 Å². The topological polar surface area (TPSA) is 94.3 Å². The molecule has 1 saturated carbocycles. The van der Waals surface area contributed by atoms with Crippen molar-refractivity contribution in [2.75, 3.05) is 12.8 Å². The van der Waals surface area contributed by atoms with Crippen molar-refractivity contribution in [2.45, 2.75) is 58.4 Å². The van der Waals surface area contributed by atoms with E-state index in [0.717, 1.165) is 42.7 Å². The maximum absolute atomic E-state index is 12.9. The highest BCUT2D eigenvalue weighted by atomic mass is 16.5. The number of carbonyl (C=O) groups is 2. The van der Waals surface area contributed by atoms with E-state index in [2.05, 4.69) is 34.6 Å². The van der Waals surface area contributed by atoms with Crippen molar-refractivity contribution in [3.63, 3.8) is 0 Å². The number of nitrogens with one attached hydrogen (secondary N) is 1. The summed E-state index contributed by atoms with van der Waals surface area (Å²) >= 11 is 0. The number of methoxy groups -OCH3 is 1. The molecule has 184 valence electrons. The lowest BCUT2D eigenvalue weighted by atomic mass is 9.94. The quantitative estimate of drug-likeness (QED) is 0.466. The van der Waals surface area contributed by atoms with Gasteiger partial charge in [0.05, 0.1) is 13.2 Å². The van der Waals surface area contributed by atoms with E-state index in [1.54, 1.807) is 20.1 Å². The molecule has 0 bridgehead atoms. The molecule has 35 heavy (non-hydrogen) atoms. The molecule has 1 aromatic heterocycles. The molecule has 1 aliphatic rings. The van der Waals surface area contributed by atoms with Crippen LogP contribution in [0.4, 0.5) is 5.82 Å². The minimum atomic E-state index is -0.496. The number of aryl methyl sites for hydroxylation is 2. The fourth-order valence-corrected chi connectivity index (χ4v) is 5.19. The molecular formula is C29H35N3O3. The van der Waals surface area contributed by atoms with Crippen LogP contribution in [0, 0.1) is 18.8 Å². The average Bonchev–Trinajstić information content (AvgIpc) is 3.31. The van der Waals surface area contributed by atoms with Crippen LogP contribution in [0.3, 0.4) is 0 Å². The van der Waals surface area contributed by atoms with E-state index in [1.807, 2.05) is 25.1 Å². The van der Waals surface area contributed by atoms with Gasteiger partial charge in [-0.3, -0.25) is 9.59 Å². The fraction of sp³-hybridized carbons (Fsp3) is 0.414. The Labute approximate surface area is 207 Å². The Morgan fingerprint density at radius 2 is 1.86 bits per heavy atom. The van der Waals surface area contributed by atoms with Crippen molar-refractivity contribution in [1.29, 1.82) is 0 Å². The van der Waals surface area contributed by atoms with E-state index in [4.69, 9.17) is 10.5 Å². The average molecular weight is 474 g/mol. The zero-order chi connectivity index (χ0) is 24.9. The van der Waals surface area contributed by atoms with Crippen molar-refractivity contribution in [3.8, 4) is 5.75 Å². The van der Waals surface area contributed by atoms with Crippen LogP contribution in [0.1, 0.15) is 49.4 Å². The third-order valence-electron chi connectivity index (χ3n) is 7.27. The number of Topliss-reactive ketones (excluding diaryl/α,β-unsaturated/α-hetero) is 1. The zero-order valence-electron chi connectivity index (χ0n) is 20.8. The number of aromatic nitrogens is 1. The lowest BCUT2D eigenvalue weighted by Crippen LogP contribution is -2.41. The number of fused-ring (bicyclic) bond motifs is 1. The van der Waals surface area contributed by atoms with Gasteiger partial charge >= 0.3 is 0 Å². The van der Waals surface area contributed by atoms with Crippen molar-refractivity contribution in [1.82, 2.24) is 10.3 Å². The van der Waals surface area contributed by atoms with Gasteiger partial charge in [-0.2, -0.15) is 0 Å². The Morgan fingerprint density at radius 1 is 1.11 bits per heavy atom. The molecule has 1 heterocycles. The van der Waals surface area contributed by atoms with Crippen LogP contribution in [0.5, 0.6) is 5.75 Å². The molecule has 6 nitrogen and oxygen atoms in total. The van der Waals surface area contributed by atoms with Crippen molar-refractivity contribution >= 4 is 28.3 Å². The van der Waals surface area contributed by atoms with Gasteiger partial charge in [0.15, 0.2) is 5.78 Å². The molecule has 0 aliphatic heterocycles. The Bertz CT molecular complexity index is 1220. The van der Waals surface area contributed by atoms with Crippen molar-refractivity contribution < 1.29 is 14.3 Å². The highest BCUT2D eigenvalue weighted by molar-refractivity contribution is 5.89. The number of benzene rings is 2. The molecule has 0 spiro atoms. The monoisotopic (exact) mass is 473 g/mol. The van der Waals surface area contributed by atoms with Crippen molar-refractivity contribution in [3.05, 3.63) is 65.4 Å². The number of hydrogen-bond donors (Lipinski definition) is 2. The van der Waals surface area contributed by atoms with E-state index in [0.29, 0.717) is 24.6 Å². The lowest BCUT2D eigenvalue weighted by molar-refractivity contribution is -0.129. The molecule has 1 amide bonds. The summed E-state index contributed by atoms with van der Waals surface area (Å²) in [4.78, 5) is 29.8. The normalized spacial score (nSPS) is 18.4. The SMILES string of the molecule is COc1cc2ccccc2cc1C[C@@H]1CC[C@@H](C(=O)N[C@@H](C)C(=O)CCc2ccc(N)nc2C)C1. The number of carbonyl (C=O) groups excluding carboxylic acids is 2. The molecule has 0 radical (unpaired) electrons.